The fraction of sp³-hybridized carbons (Fsp3) is 0.190. The van der Waals surface area contributed by atoms with Crippen molar-refractivity contribution in [1.82, 2.24) is 9.78 Å². The number of carbonyl (C=O) groups excluding carboxylic acids is 1. The number of rotatable bonds is 5. The molecular weight excluding hydrogens is 358 g/mol. The number of benzene rings is 2. The van der Waals surface area contributed by atoms with E-state index >= 15 is 0 Å². The molecule has 1 aliphatic rings. The lowest BCUT2D eigenvalue weighted by molar-refractivity contribution is -0.140. The zero-order chi connectivity index (χ0) is 19.7. The predicted octanol–water partition coefficient (Wildman–Crippen LogP) is 3.89. The van der Waals surface area contributed by atoms with E-state index in [0.717, 1.165) is 22.3 Å². The van der Waals surface area contributed by atoms with Gasteiger partial charge >= 0.3 is 12.1 Å². The van der Waals surface area contributed by atoms with Crippen molar-refractivity contribution in [2.45, 2.75) is 18.9 Å². The van der Waals surface area contributed by atoms with Crippen molar-refractivity contribution in [2.24, 2.45) is 0 Å². The van der Waals surface area contributed by atoms with Crippen molar-refractivity contribution < 1.29 is 19.4 Å². The molecule has 0 spiro atoms. The Morgan fingerprint density at radius 3 is 2.32 bits per heavy atom. The Labute approximate surface area is 161 Å². The van der Waals surface area contributed by atoms with Crippen LogP contribution in [-0.2, 0) is 9.53 Å². The molecule has 0 saturated carbocycles. The number of carboxylic acid groups (broad SMARTS) is 1. The Hall–Kier alpha value is -3.61. The van der Waals surface area contributed by atoms with E-state index in [1.54, 1.807) is 0 Å². The van der Waals surface area contributed by atoms with Crippen molar-refractivity contribution in [2.75, 3.05) is 11.9 Å². The molecule has 0 saturated heterocycles. The number of amides is 1. The van der Waals surface area contributed by atoms with Gasteiger partial charge in [-0.1, -0.05) is 48.5 Å². The molecule has 1 aliphatic carbocycles. The summed E-state index contributed by atoms with van der Waals surface area (Å²) in [6.07, 6.45) is 0.777. The van der Waals surface area contributed by atoms with Crippen LogP contribution in [0.2, 0.25) is 0 Å². The number of hydrogen-bond acceptors (Lipinski definition) is 4. The molecule has 1 atom stereocenters. The van der Waals surface area contributed by atoms with Crippen LogP contribution in [0.25, 0.3) is 11.1 Å². The van der Waals surface area contributed by atoms with Gasteiger partial charge in [0.15, 0.2) is 0 Å². The average molecular weight is 377 g/mol. The number of nitrogens with zero attached hydrogens (tertiary/aromatic N) is 2. The number of ether oxygens (including phenoxy) is 1. The highest BCUT2D eigenvalue weighted by atomic mass is 16.5. The van der Waals surface area contributed by atoms with Gasteiger partial charge in [0.25, 0.3) is 0 Å². The number of hydrogen-bond donors (Lipinski definition) is 2. The first kappa shape index (κ1) is 17.8. The molecule has 1 amide bonds. The van der Waals surface area contributed by atoms with Crippen LogP contribution in [0.1, 0.15) is 30.0 Å². The van der Waals surface area contributed by atoms with Crippen LogP contribution in [-0.4, -0.2) is 33.6 Å². The fourth-order valence-corrected chi connectivity index (χ4v) is 3.57. The molecule has 3 aromatic rings. The first-order valence-corrected chi connectivity index (χ1v) is 8.94. The van der Waals surface area contributed by atoms with Crippen molar-refractivity contribution in [3.63, 3.8) is 0 Å². The fourth-order valence-electron chi connectivity index (χ4n) is 3.57. The van der Waals surface area contributed by atoms with E-state index in [9.17, 15) is 9.59 Å². The third kappa shape index (κ3) is 3.11. The SMILES string of the molecule is CC(C(=O)O)n1nccc1NC(=O)OCC1c2ccccc2-c2ccccc21. The molecule has 142 valence electrons. The summed E-state index contributed by atoms with van der Waals surface area (Å²) < 4.78 is 6.70. The monoisotopic (exact) mass is 377 g/mol. The van der Waals surface area contributed by atoms with Crippen molar-refractivity contribution in [3.05, 3.63) is 71.9 Å². The van der Waals surface area contributed by atoms with Crippen LogP contribution in [0.5, 0.6) is 0 Å². The summed E-state index contributed by atoms with van der Waals surface area (Å²) in [6, 6.07) is 16.8. The van der Waals surface area contributed by atoms with E-state index in [-0.39, 0.29) is 18.3 Å². The van der Waals surface area contributed by atoms with Gasteiger partial charge in [-0.05, 0) is 29.2 Å². The Balaban J connectivity index is 1.48. The molecular formula is C21H19N3O4. The maximum absolute atomic E-state index is 12.3. The minimum absolute atomic E-state index is 0.0407. The van der Waals surface area contributed by atoms with Crippen LogP contribution in [0.3, 0.4) is 0 Å². The highest BCUT2D eigenvalue weighted by molar-refractivity contribution is 5.84. The summed E-state index contributed by atoms with van der Waals surface area (Å²) in [5.41, 5.74) is 4.56. The normalized spacial score (nSPS) is 13.5. The van der Waals surface area contributed by atoms with Crippen molar-refractivity contribution >= 4 is 17.9 Å². The molecule has 0 aliphatic heterocycles. The second-order valence-electron chi connectivity index (χ2n) is 6.63. The highest BCUT2D eigenvalue weighted by Crippen LogP contribution is 2.44. The highest BCUT2D eigenvalue weighted by Gasteiger charge is 2.29. The van der Waals surface area contributed by atoms with Gasteiger partial charge in [0.2, 0.25) is 0 Å². The second kappa shape index (κ2) is 7.19. The molecule has 1 unspecified atom stereocenters. The van der Waals surface area contributed by atoms with E-state index in [0.29, 0.717) is 0 Å². The zero-order valence-corrected chi connectivity index (χ0v) is 15.2. The number of nitrogens with one attached hydrogen (secondary N) is 1. The van der Waals surface area contributed by atoms with Gasteiger partial charge in [0.05, 0.1) is 6.20 Å². The quantitative estimate of drug-likeness (QED) is 0.704. The number of aromatic nitrogens is 2. The van der Waals surface area contributed by atoms with Crippen LogP contribution < -0.4 is 5.32 Å². The molecule has 7 nitrogen and oxygen atoms in total. The molecule has 0 bridgehead atoms. The molecule has 28 heavy (non-hydrogen) atoms. The summed E-state index contributed by atoms with van der Waals surface area (Å²) in [6.45, 7) is 1.67. The van der Waals surface area contributed by atoms with Gasteiger partial charge in [-0.2, -0.15) is 5.10 Å². The van der Waals surface area contributed by atoms with Crippen LogP contribution in [0.15, 0.2) is 60.8 Å². The van der Waals surface area contributed by atoms with Crippen molar-refractivity contribution in [1.29, 1.82) is 0 Å². The number of carbonyl (C=O) groups is 2. The van der Waals surface area contributed by atoms with Crippen LogP contribution >= 0.6 is 0 Å². The predicted molar refractivity (Wildman–Crippen MR) is 103 cm³/mol. The van der Waals surface area contributed by atoms with Crippen molar-refractivity contribution in [3.8, 4) is 11.1 Å². The maximum Gasteiger partial charge on any atom is 0.412 e. The first-order chi connectivity index (χ1) is 13.6. The number of carboxylic acids is 1. The smallest absolute Gasteiger partial charge is 0.412 e. The summed E-state index contributed by atoms with van der Waals surface area (Å²) in [5, 5.41) is 15.7. The molecule has 1 heterocycles. The molecule has 7 heteroatoms. The molecule has 0 radical (unpaired) electrons. The average Bonchev–Trinajstić information content (AvgIpc) is 3.28. The third-order valence-corrected chi connectivity index (χ3v) is 4.97. The van der Waals surface area contributed by atoms with Gasteiger partial charge in [-0.3, -0.25) is 5.32 Å². The van der Waals surface area contributed by atoms with Gasteiger partial charge in [-0.15, -0.1) is 0 Å². The lowest BCUT2D eigenvalue weighted by Gasteiger charge is -2.15. The maximum atomic E-state index is 12.3. The van der Waals surface area contributed by atoms with Crippen LogP contribution in [0.4, 0.5) is 10.6 Å². The second-order valence-corrected chi connectivity index (χ2v) is 6.63. The van der Waals surface area contributed by atoms with Gasteiger partial charge < -0.3 is 9.84 Å². The van der Waals surface area contributed by atoms with E-state index in [1.807, 2.05) is 36.4 Å². The summed E-state index contributed by atoms with van der Waals surface area (Å²) >= 11 is 0. The van der Waals surface area contributed by atoms with E-state index < -0.39 is 18.1 Å². The Bertz CT molecular complexity index is 998. The molecule has 2 aromatic carbocycles. The topological polar surface area (TPSA) is 93.5 Å². The van der Waals surface area contributed by atoms with Gasteiger partial charge in [0.1, 0.15) is 18.5 Å². The molecule has 1 aromatic heterocycles. The molecule has 0 fully saturated rings. The van der Waals surface area contributed by atoms with Gasteiger partial charge in [0, 0.05) is 12.0 Å². The number of fused-ring (bicyclic) bond motifs is 3. The van der Waals surface area contributed by atoms with E-state index in [4.69, 9.17) is 9.84 Å². The third-order valence-electron chi connectivity index (χ3n) is 4.97. The first-order valence-electron chi connectivity index (χ1n) is 8.94. The summed E-state index contributed by atoms with van der Waals surface area (Å²) in [5.74, 6) is -0.813. The summed E-state index contributed by atoms with van der Waals surface area (Å²) in [7, 11) is 0. The molecule has 4 rings (SSSR count). The molecule has 2 N–H and O–H groups in total. The Kier molecular flexibility index (Phi) is 4.57. The van der Waals surface area contributed by atoms with E-state index in [2.05, 4.69) is 22.5 Å². The standard InChI is InChI=1S/C21H19N3O4/c1-13(20(25)26)24-19(10-11-22-24)23-21(27)28-12-18-16-8-4-2-6-14(16)15-7-3-5-9-17(15)18/h2-11,13,18H,12H2,1H3,(H,23,27)(H,25,26). The lowest BCUT2D eigenvalue weighted by atomic mass is 9.98. The Morgan fingerprint density at radius 1 is 1.11 bits per heavy atom. The summed E-state index contributed by atoms with van der Waals surface area (Å²) in [4.78, 5) is 23.5. The minimum Gasteiger partial charge on any atom is -0.480 e. The largest absolute Gasteiger partial charge is 0.480 e. The van der Waals surface area contributed by atoms with Gasteiger partial charge in [-0.25, -0.2) is 14.3 Å². The Morgan fingerprint density at radius 2 is 1.71 bits per heavy atom. The van der Waals surface area contributed by atoms with E-state index in [1.165, 1.54) is 23.9 Å². The lowest BCUT2D eigenvalue weighted by Crippen LogP contribution is -2.23. The zero-order valence-electron chi connectivity index (χ0n) is 15.2. The number of anilines is 1. The number of aliphatic carboxylic acids is 1. The van der Waals surface area contributed by atoms with Crippen LogP contribution in [0, 0.1) is 0 Å². The minimum atomic E-state index is -1.04.